The van der Waals surface area contributed by atoms with Crippen LogP contribution in [0, 0.1) is 11.8 Å². The minimum absolute atomic E-state index is 0.211. The molecule has 6 heteroatoms. The quantitative estimate of drug-likeness (QED) is 0.159. The van der Waals surface area contributed by atoms with E-state index in [2.05, 4.69) is 40.8 Å². The fourth-order valence-electron chi connectivity index (χ4n) is 2.85. The van der Waals surface area contributed by atoms with Crippen LogP contribution in [-0.2, 0) is 22.4 Å². The Labute approximate surface area is 220 Å². The minimum atomic E-state index is -0.211. The fraction of sp³-hybridized carbons (Fsp3) is 0.167. The Hall–Kier alpha value is -3.79. The highest BCUT2D eigenvalue weighted by Crippen LogP contribution is 2.17. The Morgan fingerprint density at radius 3 is 1.92 bits per heavy atom. The summed E-state index contributed by atoms with van der Waals surface area (Å²) < 4.78 is 4.40. The van der Waals surface area contributed by atoms with Crippen molar-refractivity contribution in [2.45, 2.75) is 26.7 Å². The van der Waals surface area contributed by atoms with Gasteiger partial charge in [-0.05, 0) is 61.7 Å². The molecule has 4 aromatic rings. The molecular formula is C30H28O4S2. The third-order valence-electron chi connectivity index (χ3n) is 4.50. The molecule has 2 aromatic heterocycles. The number of carbonyl (C=O) groups excluding carboxylic acids is 3. The molecule has 0 saturated carbocycles. The molecule has 0 saturated heterocycles. The molecule has 0 N–H and O–H groups in total. The van der Waals surface area contributed by atoms with Gasteiger partial charge in [-0.1, -0.05) is 60.4 Å². The van der Waals surface area contributed by atoms with Gasteiger partial charge in [0.25, 0.3) is 0 Å². The van der Waals surface area contributed by atoms with Gasteiger partial charge in [0.15, 0.2) is 12.6 Å². The number of rotatable bonds is 6. The summed E-state index contributed by atoms with van der Waals surface area (Å²) in [5, 5.41) is 0. The first-order valence-corrected chi connectivity index (χ1v) is 13.0. The molecule has 0 aliphatic rings. The van der Waals surface area contributed by atoms with E-state index in [0.29, 0.717) is 11.5 Å². The Bertz CT molecular complexity index is 1260. The summed E-state index contributed by atoms with van der Waals surface area (Å²) in [5.41, 5.74) is 2.33. The number of hydrogen-bond acceptors (Lipinski definition) is 6. The van der Waals surface area contributed by atoms with E-state index in [1.165, 1.54) is 28.7 Å². The molecule has 2 heterocycles. The van der Waals surface area contributed by atoms with Crippen LogP contribution in [0.1, 0.15) is 54.1 Å². The van der Waals surface area contributed by atoms with Gasteiger partial charge in [0, 0.05) is 17.4 Å². The van der Waals surface area contributed by atoms with E-state index in [0.717, 1.165) is 40.7 Å². The first-order valence-electron chi connectivity index (χ1n) is 11.4. The summed E-state index contributed by atoms with van der Waals surface area (Å²) in [7, 11) is 0. The van der Waals surface area contributed by atoms with Crippen LogP contribution in [0.15, 0.2) is 84.9 Å². The van der Waals surface area contributed by atoms with Gasteiger partial charge >= 0.3 is 5.97 Å². The molecule has 2 aromatic carbocycles. The number of aryl methyl sites for hydroxylation is 2. The van der Waals surface area contributed by atoms with E-state index in [9.17, 15) is 14.4 Å². The van der Waals surface area contributed by atoms with Crippen LogP contribution >= 0.6 is 22.7 Å². The second-order valence-corrected chi connectivity index (χ2v) is 9.58. The maximum Gasteiger partial charge on any atom is 0.302 e. The number of hydrogen-bond donors (Lipinski definition) is 0. The summed E-state index contributed by atoms with van der Waals surface area (Å²) in [6.07, 6.45) is 3.82. The van der Waals surface area contributed by atoms with E-state index >= 15 is 0 Å². The summed E-state index contributed by atoms with van der Waals surface area (Å²) in [6, 6.07) is 27.8. The van der Waals surface area contributed by atoms with Gasteiger partial charge in [0.2, 0.25) is 0 Å². The van der Waals surface area contributed by atoms with Gasteiger partial charge < -0.3 is 4.74 Å². The van der Waals surface area contributed by atoms with Crippen molar-refractivity contribution >= 4 is 41.2 Å². The minimum Gasteiger partial charge on any atom is -0.466 e. The molecule has 184 valence electrons. The van der Waals surface area contributed by atoms with Crippen molar-refractivity contribution in [3.63, 3.8) is 0 Å². The lowest BCUT2D eigenvalue weighted by molar-refractivity contribution is -0.140. The molecule has 0 amide bonds. The Balaban J connectivity index is 0.000000208. The molecule has 0 bridgehead atoms. The molecule has 4 rings (SSSR count). The zero-order valence-corrected chi connectivity index (χ0v) is 21.9. The highest BCUT2D eigenvalue weighted by molar-refractivity contribution is 7.14. The van der Waals surface area contributed by atoms with Crippen LogP contribution in [0.5, 0.6) is 0 Å². The molecule has 0 fully saturated rings. The SMILES string of the molecule is CCOC(C)=O.O=Cc1ccc(C#Cc2ccccc2)s1.O=Cc1ccc(CCc2ccccc2)s1. The lowest BCUT2D eigenvalue weighted by Crippen LogP contribution is -1.95. The molecule has 0 aliphatic heterocycles. The Morgan fingerprint density at radius 1 is 0.778 bits per heavy atom. The third kappa shape index (κ3) is 11.6. The smallest absolute Gasteiger partial charge is 0.302 e. The molecule has 4 nitrogen and oxygen atoms in total. The van der Waals surface area contributed by atoms with Crippen molar-refractivity contribution in [2.75, 3.05) is 6.61 Å². The molecule has 36 heavy (non-hydrogen) atoms. The molecule has 0 radical (unpaired) electrons. The molecule has 0 atom stereocenters. The van der Waals surface area contributed by atoms with Gasteiger partial charge in [0.05, 0.1) is 21.2 Å². The monoisotopic (exact) mass is 516 g/mol. The predicted octanol–water partition coefficient (Wildman–Crippen LogP) is 6.88. The molecule has 0 spiro atoms. The number of carbonyl (C=O) groups is 3. The number of benzene rings is 2. The van der Waals surface area contributed by atoms with E-state index in [-0.39, 0.29) is 5.97 Å². The largest absolute Gasteiger partial charge is 0.466 e. The number of aldehydes is 2. The van der Waals surface area contributed by atoms with Crippen molar-refractivity contribution < 1.29 is 19.1 Å². The van der Waals surface area contributed by atoms with Crippen LogP contribution in [0.3, 0.4) is 0 Å². The second kappa shape index (κ2) is 16.8. The standard InChI is InChI=1S/C13H12OS.C13H8OS.C4H8O2/c2*14-10-13-9-8-12(15-13)7-6-11-4-2-1-3-5-11;1-3-6-4(2)5/h1-5,8-10H,6-7H2;1-5,8-10H;3H2,1-2H3. The summed E-state index contributed by atoms with van der Waals surface area (Å²) in [4.78, 5) is 34.5. The normalized spacial score (nSPS) is 9.28. The van der Waals surface area contributed by atoms with Crippen molar-refractivity contribution in [1.82, 2.24) is 0 Å². The Morgan fingerprint density at radius 2 is 1.39 bits per heavy atom. The fourth-order valence-corrected chi connectivity index (χ4v) is 4.35. The maximum absolute atomic E-state index is 10.5. The summed E-state index contributed by atoms with van der Waals surface area (Å²) in [6.45, 7) is 3.65. The third-order valence-corrected chi connectivity index (χ3v) is 6.49. The number of esters is 1. The van der Waals surface area contributed by atoms with E-state index in [4.69, 9.17) is 0 Å². The first-order chi connectivity index (χ1) is 17.5. The van der Waals surface area contributed by atoms with Crippen molar-refractivity contribution in [2.24, 2.45) is 0 Å². The predicted molar refractivity (Wildman–Crippen MR) is 148 cm³/mol. The topological polar surface area (TPSA) is 60.4 Å². The van der Waals surface area contributed by atoms with Gasteiger partial charge in [-0.15, -0.1) is 22.7 Å². The first kappa shape index (κ1) is 28.4. The Kier molecular flexibility index (Phi) is 13.3. The van der Waals surface area contributed by atoms with E-state index in [1.54, 1.807) is 24.3 Å². The number of thiophene rings is 2. The zero-order chi connectivity index (χ0) is 26.0. The lowest BCUT2D eigenvalue weighted by atomic mass is 10.1. The maximum atomic E-state index is 10.5. The van der Waals surface area contributed by atoms with Gasteiger partial charge in [-0.2, -0.15) is 0 Å². The van der Waals surface area contributed by atoms with Crippen molar-refractivity contribution in [3.05, 3.63) is 116 Å². The van der Waals surface area contributed by atoms with Crippen LogP contribution in [0.4, 0.5) is 0 Å². The molecule has 0 aliphatic carbocycles. The average Bonchev–Trinajstić information content (AvgIpc) is 3.57. The average molecular weight is 517 g/mol. The number of ether oxygens (including phenoxy) is 1. The van der Waals surface area contributed by atoms with Gasteiger partial charge in [-0.3, -0.25) is 14.4 Å². The lowest BCUT2D eigenvalue weighted by Gasteiger charge is -1.98. The zero-order valence-electron chi connectivity index (χ0n) is 20.3. The molecular weight excluding hydrogens is 488 g/mol. The van der Waals surface area contributed by atoms with Gasteiger partial charge in [0.1, 0.15) is 0 Å². The van der Waals surface area contributed by atoms with Crippen LogP contribution < -0.4 is 0 Å². The van der Waals surface area contributed by atoms with Crippen molar-refractivity contribution in [1.29, 1.82) is 0 Å². The van der Waals surface area contributed by atoms with Crippen LogP contribution in [-0.4, -0.2) is 25.1 Å². The van der Waals surface area contributed by atoms with Gasteiger partial charge in [-0.25, -0.2) is 0 Å². The van der Waals surface area contributed by atoms with Crippen LogP contribution in [0.2, 0.25) is 0 Å². The van der Waals surface area contributed by atoms with E-state index < -0.39 is 0 Å². The van der Waals surface area contributed by atoms with Crippen LogP contribution in [0.25, 0.3) is 0 Å². The summed E-state index contributed by atoms with van der Waals surface area (Å²) >= 11 is 2.99. The van der Waals surface area contributed by atoms with E-state index in [1.807, 2.05) is 54.6 Å². The summed E-state index contributed by atoms with van der Waals surface area (Å²) in [5.74, 6) is 5.86. The van der Waals surface area contributed by atoms with Crippen molar-refractivity contribution in [3.8, 4) is 11.8 Å². The molecule has 0 unspecified atom stereocenters. The highest BCUT2D eigenvalue weighted by atomic mass is 32.1. The second-order valence-electron chi connectivity index (χ2n) is 7.27. The highest BCUT2D eigenvalue weighted by Gasteiger charge is 1.99.